The maximum atomic E-state index is 11.9. The molecule has 0 aliphatic carbocycles. The highest BCUT2D eigenvalue weighted by atomic mass is 16.5. The van der Waals surface area contributed by atoms with Crippen molar-refractivity contribution >= 4 is 27.6 Å². The number of methoxy groups -OCH3 is 1. The summed E-state index contributed by atoms with van der Waals surface area (Å²) in [5, 5.41) is 21.3. The lowest BCUT2D eigenvalue weighted by atomic mass is 9.86. The minimum absolute atomic E-state index is 0.0788. The van der Waals surface area contributed by atoms with E-state index >= 15 is 0 Å². The van der Waals surface area contributed by atoms with E-state index in [0.29, 0.717) is 12.6 Å². The van der Waals surface area contributed by atoms with E-state index < -0.39 is 11.6 Å². The van der Waals surface area contributed by atoms with Crippen LogP contribution in [0, 0.1) is 6.92 Å². The van der Waals surface area contributed by atoms with Gasteiger partial charge in [0.25, 0.3) is 0 Å². The average Bonchev–Trinajstić information content (AvgIpc) is 2.98. The molecule has 0 bridgehead atoms. The van der Waals surface area contributed by atoms with Crippen LogP contribution in [0.5, 0.6) is 11.8 Å². The van der Waals surface area contributed by atoms with Crippen LogP contribution in [0.1, 0.15) is 51.3 Å². The molecule has 0 spiro atoms. The third-order valence-corrected chi connectivity index (χ3v) is 6.78. The van der Waals surface area contributed by atoms with Crippen molar-refractivity contribution in [3.8, 4) is 34.0 Å². The molecule has 6 rings (SSSR count). The Balaban J connectivity index is 0.000000551. The van der Waals surface area contributed by atoms with Gasteiger partial charge in [-0.15, -0.1) is 0 Å². The molecule has 0 fully saturated rings. The minimum atomic E-state index is -0.871. The maximum absolute atomic E-state index is 11.9. The second-order valence-corrected chi connectivity index (χ2v) is 11.1. The van der Waals surface area contributed by atoms with Crippen molar-refractivity contribution in [2.45, 2.75) is 60.0 Å². The lowest BCUT2D eigenvalue weighted by Crippen LogP contribution is -2.10. The molecule has 43 heavy (non-hydrogen) atoms. The molecule has 0 atom stereocenters. The van der Waals surface area contributed by atoms with Crippen LogP contribution in [0.3, 0.4) is 0 Å². The van der Waals surface area contributed by atoms with Crippen molar-refractivity contribution in [1.29, 1.82) is 0 Å². The zero-order chi connectivity index (χ0) is 31.3. The van der Waals surface area contributed by atoms with Gasteiger partial charge in [-0.1, -0.05) is 32.0 Å². The Bertz CT molecular complexity index is 1740. The quantitative estimate of drug-likeness (QED) is 0.224. The summed E-state index contributed by atoms with van der Waals surface area (Å²) in [5.41, 5.74) is 6.86. The van der Waals surface area contributed by atoms with E-state index in [1.54, 1.807) is 33.2 Å². The van der Waals surface area contributed by atoms with E-state index in [9.17, 15) is 9.90 Å². The van der Waals surface area contributed by atoms with Crippen LogP contribution in [-0.2, 0) is 17.6 Å². The summed E-state index contributed by atoms with van der Waals surface area (Å²) in [5.74, 6) is -0.0497. The molecule has 224 valence electrons. The number of aliphatic hydroxyl groups is 1. The van der Waals surface area contributed by atoms with Crippen LogP contribution in [0.2, 0.25) is 0 Å². The Morgan fingerprint density at radius 3 is 2.35 bits per heavy atom. The van der Waals surface area contributed by atoms with Crippen LogP contribution in [-0.4, -0.2) is 50.5 Å². The van der Waals surface area contributed by atoms with Gasteiger partial charge >= 0.3 is 12.0 Å². The summed E-state index contributed by atoms with van der Waals surface area (Å²) in [6.07, 6.45) is 6.03. The third-order valence-electron chi connectivity index (χ3n) is 6.78. The number of benzene rings is 3. The van der Waals surface area contributed by atoms with E-state index in [-0.39, 0.29) is 6.42 Å². The average molecular weight is 582 g/mol. The molecule has 0 saturated carbocycles. The van der Waals surface area contributed by atoms with Crippen LogP contribution in [0.4, 0.5) is 0 Å². The monoisotopic (exact) mass is 581 g/mol. The van der Waals surface area contributed by atoms with Gasteiger partial charge in [0.15, 0.2) is 0 Å². The van der Waals surface area contributed by atoms with Gasteiger partial charge in [-0.05, 0) is 90.6 Å². The van der Waals surface area contributed by atoms with Gasteiger partial charge < -0.3 is 19.7 Å². The van der Waals surface area contributed by atoms with E-state index in [2.05, 4.69) is 16.0 Å². The Morgan fingerprint density at radius 2 is 1.70 bits per heavy atom. The van der Waals surface area contributed by atoms with Crippen LogP contribution in [0.25, 0.3) is 43.9 Å². The molecule has 1 aliphatic rings. The normalized spacial score (nSPS) is 12.0. The smallest absolute Gasteiger partial charge is 0.316 e. The summed E-state index contributed by atoms with van der Waals surface area (Å²) in [7, 11) is 1.53. The number of hydrogen-bond donors (Lipinski definition) is 2. The fourth-order valence-corrected chi connectivity index (χ4v) is 5.13. The van der Waals surface area contributed by atoms with Crippen LogP contribution < -0.4 is 9.47 Å². The van der Waals surface area contributed by atoms with Crippen LogP contribution >= 0.6 is 0 Å². The largest absolute Gasteiger partial charge is 0.493 e. The molecule has 1 aliphatic heterocycles. The van der Waals surface area contributed by atoms with Gasteiger partial charge in [-0.3, -0.25) is 9.78 Å². The summed E-state index contributed by atoms with van der Waals surface area (Å²) >= 11 is 0. The van der Waals surface area contributed by atoms with Crippen molar-refractivity contribution in [2.24, 2.45) is 0 Å². The highest BCUT2D eigenvalue weighted by Gasteiger charge is 2.22. The highest BCUT2D eigenvalue weighted by Crippen LogP contribution is 2.43. The highest BCUT2D eigenvalue weighted by molar-refractivity contribution is 6.09. The van der Waals surface area contributed by atoms with Gasteiger partial charge in [0, 0.05) is 41.5 Å². The third kappa shape index (κ3) is 7.09. The molecule has 0 amide bonds. The van der Waals surface area contributed by atoms with E-state index in [1.165, 1.54) is 12.7 Å². The Hall–Kier alpha value is -4.56. The van der Waals surface area contributed by atoms with Crippen molar-refractivity contribution in [1.82, 2.24) is 15.0 Å². The number of fused-ring (bicyclic) bond motifs is 1. The Labute approximate surface area is 252 Å². The van der Waals surface area contributed by atoms with Crippen molar-refractivity contribution in [3.05, 3.63) is 77.7 Å². The molecule has 8 heteroatoms. The second kappa shape index (κ2) is 13.2. The number of aromatic nitrogens is 3. The molecule has 2 aromatic heterocycles. The molecular formula is C35H39N3O5. The van der Waals surface area contributed by atoms with Gasteiger partial charge in [0.2, 0.25) is 0 Å². The SMILES string of the molecule is CC.CC(C)(C)O.COc1ncc(-c2ccc3c(-c4ccc5c6c(ccnc46)CCO5)c(CC(=O)O)c(C)cc3c2)cn1. The van der Waals surface area contributed by atoms with E-state index in [0.717, 1.165) is 67.2 Å². The number of carboxylic acids is 1. The minimum Gasteiger partial charge on any atom is -0.493 e. The number of aliphatic carboxylic acids is 1. The number of hydrogen-bond acceptors (Lipinski definition) is 7. The van der Waals surface area contributed by atoms with Gasteiger partial charge in [-0.2, -0.15) is 0 Å². The van der Waals surface area contributed by atoms with E-state index in [4.69, 9.17) is 19.6 Å². The van der Waals surface area contributed by atoms with E-state index in [1.807, 2.05) is 63.4 Å². The molecule has 2 N–H and O–H groups in total. The number of aryl methyl sites for hydroxylation is 1. The summed E-state index contributed by atoms with van der Waals surface area (Å²) in [4.78, 5) is 25.1. The van der Waals surface area contributed by atoms with Gasteiger partial charge in [0.05, 0.1) is 31.3 Å². The fraction of sp³-hybridized carbons (Fsp3) is 0.314. The zero-order valence-corrected chi connectivity index (χ0v) is 25.9. The molecule has 0 saturated heterocycles. The maximum Gasteiger partial charge on any atom is 0.316 e. The number of nitrogens with zero attached hydrogens (tertiary/aromatic N) is 3. The predicted octanol–water partition coefficient (Wildman–Crippen LogP) is 7.19. The molecule has 0 unspecified atom stereocenters. The molecule has 8 nitrogen and oxygen atoms in total. The first-order chi connectivity index (χ1) is 20.5. The first kappa shape index (κ1) is 31.4. The van der Waals surface area contributed by atoms with Crippen LogP contribution in [0.15, 0.2) is 61.1 Å². The van der Waals surface area contributed by atoms with Crippen molar-refractivity contribution in [3.63, 3.8) is 0 Å². The lowest BCUT2D eigenvalue weighted by molar-refractivity contribution is -0.136. The Morgan fingerprint density at radius 1 is 1.00 bits per heavy atom. The number of pyridine rings is 1. The summed E-state index contributed by atoms with van der Waals surface area (Å²) < 4.78 is 11.0. The molecular weight excluding hydrogens is 542 g/mol. The Kier molecular flexibility index (Phi) is 9.61. The fourth-order valence-electron chi connectivity index (χ4n) is 5.13. The molecule has 3 aromatic carbocycles. The van der Waals surface area contributed by atoms with Crippen molar-refractivity contribution in [2.75, 3.05) is 13.7 Å². The number of carboxylic acid groups (broad SMARTS) is 1. The standard InChI is InChI=1S/C29H23N3O4.C4H10O.C2H6/c1-16-11-19-12-18(20-14-31-29(35-2)32-15-20)3-4-21(19)27(23(16)13-25(33)34)22-5-6-24-26-17(8-10-36-24)7-9-30-28(22)26;1-4(2,3)5;1-2/h3-7,9,11-12,14-15H,8,10,13H2,1-2H3,(H,33,34);5H,1-3H3;1-2H3. The first-order valence-corrected chi connectivity index (χ1v) is 14.4. The predicted molar refractivity (Wildman–Crippen MR) is 171 cm³/mol. The molecule has 3 heterocycles. The second-order valence-electron chi connectivity index (χ2n) is 11.1. The van der Waals surface area contributed by atoms with Crippen molar-refractivity contribution < 1.29 is 24.5 Å². The summed E-state index contributed by atoms with van der Waals surface area (Å²) in [6, 6.07) is 14.5. The van der Waals surface area contributed by atoms with Gasteiger partial charge in [-0.25, -0.2) is 9.97 Å². The summed E-state index contributed by atoms with van der Waals surface area (Å²) in [6.45, 7) is 11.8. The number of ether oxygens (including phenoxy) is 2. The first-order valence-electron chi connectivity index (χ1n) is 14.4. The zero-order valence-electron chi connectivity index (χ0n) is 25.9. The number of carbonyl (C=O) groups is 1. The number of rotatable bonds is 5. The lowest BCUT2D eigenvalue weighted by Gasteiger charge is -2.22. The molecule has 5 aromatic rings. The molecule has 0 radical (unpaired) electrons. The topological polar surface area (TPSA) is 115 Å². The van der Waals surface area contributed by atoms with Gasteiger partial charge in [0.1, 0.15) is 5.75 Å².